The van der Waals surface area contributed by atoms with Gasteiger partial charge in [0.15, 0.2) is 11.3 Å². The van der Waals surface area contributed by atoms with Crippen LogP contribution in [0.25, 0.3) is 11.3 Å². The molecule has 2 heterocycles. The van der Waals surface area contributed by atoms with Crippen molar-refractivity contribution in [3.8, 4) is 0 Å². The highest BCUT2D eigenvalue weighted by Gasteiger charge is 2.42. The molecular weight excluding hydrogens is 249 g/mol. The number of alkyl halides is 3. The van der Waals surface area contributed by atoms with Gasteiger partial charge in [0.05, 0.1) is 6.10 Å². The van der Waals surface area contributed by atoms with Crippen LogP contribution in [-0.4, -0.2) is 30.7 Å². The van der Waals surface area contributed by atoms with E-state index in [0.29, 0.717) is 0 Å². The van der Waals surface area contributed by atoms with Crippen LogP contribution >= 0.6 is 0 Å². The zero-order chi connectivity index (χ0) is 12.9. The summed E-state index contributed by atoms with van der Waals surface area (Å²) >= 11 is 0. The Labute approximate surface area is 99.3 Å². The van der Waals surface area contributed by atoms with Gasteiger partial charge in [-0.2, -0.15) is 13.2 Å². The Hall–Kier alpha value is -1.70. The molecule has 5 nitrogen and oxygen atoms in total. The SMILES string of the molecule is OC1CC(n2c(C(F)(F)F)nc3nccnc32)C1. The highest BCUT2D eigenvalue weighted by atomic mass is 19.4. The number of aliphatic hydroxyl groups is 1. The van der Waals surface area contributed by atoms with E-state index in [1.807, 2.05) is 0 Å². The molecule has 2 aromatic rings. The number of imidazole rings is 1. The van der Waals surface area contributed by atoms with Crippen molar-refractivity contribution < 1.29 is 18.3 Å². The second kappa shape index (κ2) is 3.64. The van der Waals surface area contributed by atoms with Crippen molar-refractivity contribution in [2.75, 3.05) is 0 Å². The normalized spacial score (nSPS) is 24.2. The smallest absolute Gasteiger partial charge is 0.393 e. The van der Waals surface area contributed by atoms with Crippen LogP contribution in [0.5, 0.6) is 0 Å². The van der Waals surface area contributed by atoms with Gasteiger partial charge in [0.25, 0.3) is 0 Å². The topological polar surface area (TPSA) is 63.8 Å². The molecule has 18 heavy (non-hydrogen) atoms. The number of halogens is 3. The van der Waals surface area contributed by atoms with Gasteiger partial charge in [-0.05, 0) is 12.8 Å². The molecule has 96 valence electrons. The van der Waals surface area contributed by atoms with E-state index in [-0.39, 0.29) is 24.1 Å². The second-order valence-electron chi connectivity index (χ2n) is 4.29. The van der Waals surface area contributed by atoms with Crippen LogP contribution in [0.15, 0.2) is 12.4 Å². The first-order valence-corrected chi connectivity index (χ1v) is 5.41. The summed E-state index contributed by atoms with van der Waals surface area (Å²) in [7, 11) is 0. The molecule has 0 amide bonds. The van der Waals surface area contributed by atoms with Crippen LogP contribution < -0.4 is 0 Å². The zero-order valence-corrected chi connectivity index (χ0v) is 9.09. The van der Waals surface area contributed by atoms with Gasteiger partial charge in [0, 0.05) is 18.4 Å². The average molecular weight is 258 g/mol. The van der Waals surface area contributed by atoms with Gasteiger partial charge in [0.1, 0.15) is 0 Å². The van der Waals surface area contributed by atoms with Crippen molar-refractivity contribution in [1.82, 2.24) is 19.5 Å². The molecule has 8 heteroatoms. The first kappa shape index (κ1) is 11.4. The molecular formula is C10H9F3N4O. The van der Waals surface area contributed by atoms with Crippen LogP contribution in [-0.2, 0) is 6.18 Å². The summed E-state index contributed by atoms with van der Waals surface area (Å²) in [4.78, 5) is 11.2. The van der Waals surface area contributed by atoms with E-state index >= 15 is 0 Å². The molecule has 0 unspecified atom stereocenters. The molecule has 1 fully saturated rings. The summed E-state index contributed by atoms with van der Waals surface area (Å²) in [5.74, 6) is -0.999. The lowest BCUT2D eigenvalue weighted by atomic mass is 9.89. The molecule has 0 aliphatic heterocycles. The van der Waals surface area contributed by atoms with E-state index in [9.17, 15) is 18.3 Å². The van der Waals surface area contributed by atoms with E-state index in [1.54, 1.807) is 0 Å². The van der Waals surface area contributed by atoms with Gasteiger partial charge in [-0.3, -0.25) is 0 Å². The van der Waals surface area contributed by atoms with Crippen molar-refractivity contribution >= 4 is 11.3 Å². The van der Waals surface area contributed by atoms with Gasteiger partial charge in [-0.1, -0.05) is 0 Å². The lowest BCUT2D eigenvalue weighted by Crippen LogP contribution is -2.33. The minimum absolute atomic E-state index is 0.0220. The van der Waals surface area contributed by atoms with Crippen LogP contribution in [0.3, 0.4) is 0 Å². The van der Waals surface area contributed by atoms with Crippen molar-refractivity contribution in [3.05, 3.63) is 18.2 Å². The number of hydrogen-bond acceptors (Lipinski definition) is 4. The molecule has 3 rings (SSSR count). The Kier molecular flexibility index (Phi) is 2.31. The van der Waals surface area contributed by atoms with Crippen LogP contribution in [0.2, 0.25) is 0 Å². The molecule has 0 spiro atoms. The third-order valence-corrected chi connectivity index (χ3v) is 3.04. The Morgan fingerprint density at radius 2 is 1.89 bits per heavy atom. The summed E-state index contributed by atoms with van der Waals surface area (Å²) in [6.07, 6.45) is -1.91. The Morgan fingerprint density at radius 1 is 1.22 bits per heavy atom. The highest BCUT2D eigenvalue weighted by molar-refractivity contribution is 5.66. The molecule has 0 radical (unpaired) electrons. The van der Waals surface area contributed by atoms with Gasteiger partial charge in [-0.25, -0.2) is 15.0 Å². The first-order chi connectivity index (χ1) is 8.47. The second-order valence-corrected chi connectivity index (χ2v) is 4.29. The van der Waals surface area contributed by atoms with Gasteiger partial charge in [0.2, 0.25) is 5.82 Å². The van der Waals surface area contributed by atoms with Crippen molar-refractivity contribution in [1.29, 1.82) is 0 Å². The number of aliphatic hydroxyl groups excluding tert-OH is 1. The van der Waals surface area contributed by atoms with Crippen LogP contribution in [0.4, 0.5) is 13.2 Å². The minimum atomic E-state index is -4.55. The molecule has 1 aliphatic rings. The van der Waals surface area contributed by atoms with E-state index in [1.165, 1.54) is 12.4 Å². The fourth-order valence-electron chi connectivity index (χ4n) is 2.14. The molecule has 0 atom stereocenters. The monoisotopic (exact) mass is 258 g/mol. The third kappa shape index (κ3) is 1.64. The molecule has 0 saturated heterocycles. The summed E-state index contributed by atoms with van der Waals surface area (Å²) in [5.41, 5.74) is 0.0907. The number of aromatic nitrogens is 4. The van der Waals surface area contributed by atoms with Crippen molar-refractivity contribution in [2.24, 2.45) is 0 Å². The highest BCUT2D eigenvalue weighted by Crippen LogP contribution is 2.39. The molecule has 1 aliphatic carbocycles. The fourth-order valence-corrected chi connectivity index (χ4v) is 2.14. The number of rotatable bonds is 1. The van der Waals surface area contributed by atoms with Gasteiger partial charge >= 0.3 is 6.18 Å². The molecule has 1 N–H and O–H groups in total. The number of nitrogens with zero attached hydrogens (tertiary/aromatic N) is 4. The molecule has 0 aromatic carbocycles. The maximum absolute atomic E-state index is 12.9. The quantitative estimate of drug-likeness (QED) is 0.842. The van der Waals surface area contributed by atoms with E-state index < -0.39 is 24.1 Å². The largest absolute Gasteiger partial charge is 0.449 e. The number of hydrogen-bond donors (Lipinski definition) is 1. The van der Waals surface area contributed by atoms with E-state index in [0.717, 1.165) is 4.57 Å². The maximum Gasteiger partial charge on any atom is 0.449 e. The summed E-state index contributed by atoms with van der Waals surface area (Å²) < 4.78 is 39.7. The van der Waals surface area contributed by atoms with Crippen LogP contribution in [0.1, 0.15) is 24.7 Å². The molecule has 2 aromatic heterocycles. The predicted molar refractivity (Wildman–Crippen MR) is 54.6 cm³/mol. The number of fused-ring (bicyclic) bond motifs is 1. The fraction of sp³-hybridized carbons (Fsp3) is 0.500. The Bertz CT molecular complexity index is 588. The maximum atomic E-state index is 12.9. The summed E-state index contributed by atoms with van der Waals surface area (Å²) in [6.45, 7) is 0. The minimum Gasteiger partial charge on any atom is -0.393 e. The Balaban J connectivity index is 2.18. The van der Waals surface area contributed by atoms with Crippen molar-refractivity contribution in [2.45, 2.75) is 31.2 Å². The summed E-state index contributed by atoms with van der Waals surface area (Å²) in [5, 5.41) is 9.23. The summed E-state index contributed by atoms with van der Waals surface area (Å²) in [6, 6.07) is -0.418. The Morgan fingerprint density at radius 3 is 2.50 bits per heavy atom. The van der Waals surface area contributed by atoms with Crippen LogP contribution in [0, 0.1) is 0 Å². The van der Waals surface area contributed by atoms with Gasteiger partial charge < -0.3 is 9.67 Å². The van der Waals surface area contributed by atoms with Crippen molar-refractivity contribution in [3.63, 3.8) is 0 Å². The zero-order valence-electron chi connectivity index (χ0n) is 9.09. The third-order valence-electron chi connectivity index (χ3n) is 3.04. The van der Waals surface area contributed by atoms with E-state index in [4.69, 9.17) is 0 Å². The first-order valence-electron chi connectivity index (χ1n) is 5.41. The molecule has 0 bridgehead atoms. The lowest BCUT2D eigenvalue weighted by molar-refractivity contribution is -0.149. The lowest BCUT2D eigenvalue weighted by Gasteiger charge is -2.33. The predicted octanol–water partition coefficient (Wildman–Crippen LogP) is 1.54. The average Bonchev–Trinajstić information content (AvgIpc) is 2.63. The standard InChI is InChI=1S/C10H9F3N4O/c11-10(12,13)9-16-7-8(15-2-1-14-7)17(9)5-3-6(18)4-5/h1-2,5-6,18H,3-4H2. The van der Waals surface area contributed by atoms with Gasteiger partial charge in [-0.15, -0.1) is 0 Å². The molecule has 1 saturated carbocycles. The van der Waals surface area contributed by atoms with E-state index in [2.05, 4.69) is 15.0 Å².